The molecule has 1 unspecified atom stereocenters. The zero-order valence-electron chi connectivity index (χ0n) is 13.3. The number of carbonyl (C=O) groups excluding carboxylic acids is 3. The highest BCUT2D eigenvalue weighted by Crippen LogP contribution is 2.09. The fraction of sp³-hybridized carbons (Fsp3) is 0.438. The van der Waals surface area contributed by atoms with Gasteiger partial charge in [-0.05, 0) is 32.4 Å². The molecule has 1 aromatic carbocycles. The number of para-hydroxylation sites is 1. The second-order valence-electron chi connectivity index (χ2n) is 4.75. The Morgan fingerprint density at radius 3 is 2.52 bits per heavy atom. The first-order chi connectivity index (χ1) is 11.0. The molecule has 7 heteroatoms. The summed E-state index contributed by atoms with van der Waals surface area (Å²) in [5.41, 5.74) is 0. The number of carbonyl (C=O) groups is 3. The summed E-state index contributed by atoms with van der Waals surface area (Å²) in [4.78, 5) is 34.4. The van der Waals surface area contributed by atoms with Gasteiger partial charge in [0.25, 0.3) is 5.91 Å². The molecular weight excluding hydrogens is 300 g/mol. The normalized spacial score (nSPS) is 11.2. The molecule has 1 aromatic rings. The Kier molecular flexibility index (Phi) is 8.20. The molecule has 0 saturated heterocycles. The summed E-state index contributed by atoms with van der Waals surface area (Å²) in [6.45, 7) is 3.91. The van der Waals surface area contributed by atoms with Crippen LogP contribution in [0.25, 0.3) is 0 Å². The van der Waals surface area contributed by atoms with Crippen LogP contribution in [-0.2, 0) is 14.3 Å². The average Bonchev–Trinajstić information content (AvgIpc) is 2.52. The Labute approximate surface area is 135 Å². The third-order valence-electron chi connectivity index (χ3n) is 2.79. The van der Waals surface area contributed by atoms with E-state index in [-0.39, 0.29) is 6.42 Å². The lowest BCUT2D eigenvalue weighted by Crippen LogP contribution is -2.44. The first-order valence-electron chi connectivity index (χ1n) is 7.49. The standard InChI is InChI=1S/C16H22N2O5/c1-3-17-16(21)18-15(20)12(2)23-14(19)10-7-11-22-13-8-5-4-6-9-13/h4-6,8-9,12H,3,7,10-11H2,1-2H3,(H2,17,18,20,21). The summed E-state index contributed by atoms with van der Waals surface area (Å²) in [5, 5.41) is 4.50. The Morgan fingerprint density at radius 1 is 1.17 bits per heavy atom. The van der Waals surface area contributed by atoms with Gasteiger partial charge in [-0.25, -0.2) is 4.79 Å². The maximum Gasteiger partial charge on any atom is 0.321 e. The van der Waals surface area contributed by atoms with E-state index >= 15 is 0 Å². The fourth-order valence-electron chi connectivity index (χ4n) is 1.65. The van der Waals surface area contributed by atoms with E-state index in [9.17, 15) is 14.4 Å². The molecule has 1 rings (SSSR count). The minimum absolute atomic E-state index is 0.131. The highest BCUT2D eigenvalue weighted by atomic mass is 16.5. The van der Waals surface area contributed by atoms with Crippen LogP contribution in [0.3, 0.4) is 0 Å². The first kappa shape index (κ1) is 18.5. The zero-order chi connectivity index (χ0) is 17.1. The van der Waals surface area contributed by atoms with Crippen LogP contribution in [0.15, 0.2) is 30.3 Å². The molecule has 0 aliphatic carbocycles. The summed E-state index contributed by atoms with van der Waals surface area (Å²) in [5.74, 6) is -0.444. The highest BCUT2D eigenvalue weighted by Gasteiger charge is 2.19. The van der Waals surface area contributed by atoms with Crippen LogP contribution in [0.2, 0.25) is 0 Å². The lowest BCUT2D eigenvalue weighted by atomic mass is 10.3. The smallest absolute Gasteiger partial charge is 0.321 e. The number of urea groups is 1. The molecule has 23 heavy (non-hydrogen) atoms. The Morgan fingerprint density at radius 2 is 1.87 bits per heavy atom. The summed E-state index contributed by atoms with van der Waals surface area (Å²) in [6.07, 6.45) is -0.426. The molecule has 0 aliphatic heterocycles. The van der Waals surface area contributed by atoms with Crippen molar-refractivity contribution in [2.75, 3.05) is 13.2 Å². The molecule has 0 heterocycles. The zero-order valence-corrected chi connectivity index (χ0v) is 13.3. The van der Waals surface area contributed by atoms with Crippen molar-refractivity contribution in [1.82, 2.24) is 10.6 Å². The summed E-state index contributed by atoms with van der Waals surface area (Å²) in [6, 6.07) is 8.64. The molecule has 0 bridgehead atoms. The summed E-state index contributed by atoms with van der Waals surface area (Å²) < 4.78 is 10.4. The van der Waals surface area contributed by atoms with Crippen molar-refractivity contribution in [2.45, 2.75) is 32.8 Å². The first-order valence-corrected chi connectivity index (χ1v) is 7.49. The molecule has 7 nitrogen and oxygen atoms in total. The second-order valence-corrected chi connectivity index (χ2v) is 4.75. The van der Waals surface area contributed by atoms with E-state index in [0.717, 1.165) is 5.75 Å². The molecule has 1 atom stereocenters. The van der Waals surface area contributed by atoms with Crippen LogP contribution in [-0.4, -0.2) is 37.2 Å². The van der Waals surface area contributed by atoms with Crippen molar-refractivity contribution in [3.8, 4) is 5.75 Å². The molecule has 0 fully saturated rings. The Hall–Kier alpha value is -2.57. The van der Waals surface area contributed by atoms with Crippen LogP contribution >= 0.6 is 0 Å². The van der Waals surface area contributed by atoms with Crippen molar-refractivity contribution in [2.24, 2.45) is 0 Å². The van der Waals surface area contributed by atoms with Crippen LogP contribution in [0.4, 0.5) is 4.79 Å². The van der Waals surface area contributed by atoms with E-state index in [4.69, 9.17) is 9.47 Å². The van der Waals surface area contributed by atoms with E-state index < -0.39 is 24.0 Å². The van der Waals surface area contributed by atoms with Crippen molar-refractivity contribution < 1.29 is 23.9 Å². The van der Waals surface area contributed by atoms with Crippen LogP contribution < -0.4 is 15.4 Å². The number of benzene rings is 1. The van der Waals surface area contributed by atoms with Gasteiger partial charge in [0.05, 0.1) is 6.61 Å². The van der Waals surface area contributed by atoms with Gasteiger partial charge in [-0.15, -0.1) is 0 Å². The lowest BCUT2D eigenvalue weighted by molar-refractivity contribution is -0.154. The van der Waals surface area contributed by atoms with Gasteiger partial charge in [-0.2, -0.15) is 0 Å². The third kappa shape index (κ3) is 7.85. The van der Waals surface area contributed by atoms with Gasteiger partial charge in [0.1, 0.15) is 5.75 Å². The van der Waals surface area contributed by atoms with Gasteiger partial charge >= 0.3 is 12.0 Å². The Bertz CT molecular complexity index is 518. The number of imide groups is 1. The van der Waals surface area contributed by atoms with Crippen molar-refractivity contribution >= 4 is 17.9 Å². The average molecular weight is 322 g/mol. The van der Waals surface area contributed by atoms with Crippen LogP contribution in [0, 0.1) is 0 Å². The number of hydrogen-bond donors (Lipinski definition) is 2. The summed E-state index contributed by atoms with van der Waals surface area (Å²) >= 11 is 0. The number of esters is 1. The maximum absolute atomic E-state index is 11.6. The minimum atomic E-state index is -1.03. The molecule has 2 N–H and O–H groups in total. The molecule has 3 amide bonds. The van der Waals surface area contributed by atoms with Gasteiger partial charge in [0.2, 0.25) is 0 Å². The number of nitrogens with one attached hydrogen (secondary N) is 2. The topological polar surface area (TPSA) is 93.7 Å². The predicted molar refractivity (Wildman–Crippen MR) is 83.9 cm³/mol. The number of amides is 3. The number of ether oxygens (including phenoxy) is 2. The highest BCUT2D eigenvalue weighted by molar-refractivity contribution is 5.97. The number of rotatable bonds is 8. The largest absolute Gasteiger partial charge is 0.494 e. The molecule has 0 aliphatic rings. The van der Waals surface area contributed by atoms with Crippen molar-refractivity contribution in [3.05, 3.63) is 30.3 Å². The SMILES string of the molecule is CCNC(=O)NC(=O)C(C)OC(=O)CCCOc1ccccc1. The minimum Gasteiger partial charge on any atom is -0.494 e. The third-order valence-corrected chi connectivity index (χ3v) is 2.79. The lowest BCUT2D eigenvalue weighted by Gasteiger charge is -2.13. The van der Waals surface area contributed by atoms with Gasteiger partial charge < -0.3 is 14.8 Å². The van der Waals surface area contributed by atoms with E-state index in [2.05, 4.69) is 10.6 Å². The van der Waals surface area contributed by atoms with E-state index in [1.54, 1.807) is 6.92 Å². The monoisotopic (exact) mass is 322 g/mol. The van der Waals surface area contributed by atoms with Crippen LogP contribution in [0.5, 0.6) is 5.75 Å². The van der Waals surface area contributed by atoms with Gasteiger partial charge in [0, 0.05) is 13.0 Å². The van der Waals surface area contributed by atoms with Crippen molar-refractivity contribution in [3.63, 3.8) is 0 Å². The summed E-state index contributed by atoms with van der Waals surface area (Å²) in [7, 11) is 0. The fourth-order valence-corrected chi connectivity index (χ4v) is 1.65. The van der Waals surface area contributed by atoms with Gasteiger partial charge in [-0.3, -0.25) is 14.9 Å². The molecular formula is C16H22N2O5. The quantitative estimate of drug-likeness (QED) is 0.560. The molecule has 0 saturated carbocycles. The molecule has 126 valence electrons. The van der Waals surface area contributed by atoms with Gasteiger partial charge in [-0.1, -0.05) is 18.2 Å². The molecule has 0 radical (unpaired) electrons. The van der Waals surface area contributed by atoms with E-state index in [1.807, 2.05) is 30.3 Å². The second kappa shape index (κ2) is 10.2. The Balaban J connectivity index is 2.19. The molecule has 0 spiro atoms. The van der Waals surface area contributed by atoms with E-state index in [1.165, 1.54) is 6.92 Å². The van der Waals surface area contributed by atoms with E-state index in [0.29, 0.717) is 19.6 Å². The number of hydrogen-bond acceptors (Lipinski definition) is 5. The van der Waals surface area contributed by atoms with Crippen LogP contribution in [0.1, 0.15) is 26.7 Å². The predicted octanol–water partition coefficient (Wildman–Crippen LogP) is 1.62. The maximum atomic E-state index is 11.6. The van der Waals surface area contributed by atoms with Gasteiger partial charge in [0.15, 0.2) is 6.10 Å². The van der Waals surface area contributed by atoms with Crippen molar-refractivity contribution in [1.29, 1.82) is 0 Å². The molecule has 0 aromatic heterocycles.